The number of nitrogens with zero attached hydrogens (tertiary/aromatic N) is 1. The van der Waals surface area contributed by atoms with E-state index in [1.54, 1.807) is 42.1 Å². The van der Waals surface area contributed by atoms with E-state index in [2.05, 4.69) is 0 Å². The Bertz CT molecular complexity index is 915. The highest BCUT2D eigenvalue weighted by molar-refractivity contribution is 8.16. The molecule has 0 spiro atoms. The zero-order valence-electron chi connectivity index (χ0n) is 13.7. The third-order valence-corrected chi connectivity index (χ3v) is 5.85. The summed E-state index contributed by atoms with van der Waals surface area (Å²) >= 11 is 3.16. The molecule has 0 N–H and O–H groups in total. The number of nitro groups is 1. The number of nitro benzene ring substituents is 1. The minimum atomic E-state index is -0.477. The summed E-state index contributed by atoms with van der Waals surface area (Å²) in [5.41, 5.74) is 0.805. The summed E-state index contributed by atoms with van der Waals surface area (Å²) in [5, 5.41) is 11.8. The molecule has 0 aromatic heterocycles. The molecule has 0 heterocycles. The van der Waals surface area contributed by atoms with E-state index in [0.717, 1.165) is 9.79 Å². The Morgan fingerprint density at radius 3 is 2.19 bits per heavy atom. The molecule has 3 aromatic carbocycles. The smallest absolute Gasteiger partial charge is 0.270 e. The fraction of sp³-hybridized carbons (Fsp3) is 0.0500. The van der Waals surface area contributed by atoms with Crippen LogP contribution in [0.3, 0.4) is 0 Å². The van der Waals surface area contributed by atoms with E-state index in [4.69, 9.17) is 0 Å². The average molecular weight is 381 g/mol. The Morgan fingerprint density at radius 1 is 0.885 bits per heavy atom. The van der Waals surface area contributed by atoms with Gasteiger partial charge in [0.25, 0.3) is 5.69 Å². The molecule has 0 amide bonds. The van der Waals surface area contributed by atoms with E-state index < -0.39 is 4.92 Å². The molecule has 0 radical (unpaired) electrons. The van der Waals surface area contributed by atoms with Crippen LogP contribution in [0.25, 0.3) is 0 Å². The van der Waals surface area contributed by atoms with Crippen LogP contribution in [0.4, 0.5) is 5.69 Å². The van der Waals surface area contributed by atoms with Crippen molar-refractivity contribution >= 4 is 35.0 Å². The highest BCUT2D eigenvalue weighted by atomic mass is 32.2. The lowest BCUT2D eigenvalue weighted by molar-refractivity contribution is -0.384. The summed E-state index contributed by atoms with van der Waals surface area (Å²) in [6.45, 7) is 0. The van der Waals surface area contributed by atoms with Gasteiger partial charge < -0.3 is 0 Å². The standard InChI is InChI=1S/C20H15NO3S2/c22-20(15-7-3-1-4-8-15)18-13-16(21(23)24)11-12-19(18)26-14-25-17-9-5-2-6-10-17/h1-13H,14H2. The van der Waals surface area contributed by atoms with Gasteiger partial charge in [0, 0.05) is 38.1 Å². The van der Waals surface area contributed by atoms with Crippen LogP contribution in [0.2, 0.25) is 0 Å². The van der Waals surface area contributed by atoms with E-state index in [-0.39, 0.29) is 11.5 Å². The van der Waals surface area contributed by atoms with Crippen molar-refractivity contribution in [2.24, 2.45) is 0 Å². The van der Waals surface area contributed by atoms with Crippen molar-refractivity contribution in [1.29, 1.82) is 0 Å². The summed E-state index contributed by atoms with van der Waals surface area (Å²) in [6, 6.07) is 23.3. The summed E-state index contributed by atoms with van der Waals surface area (Å²) < 4.78 is 0. The van der Waals surface area contributed by atoms with Crippen LogP contribution in [0, 0.1) is 10.1 Å². The molecule has 6 heteroatoms. The van der Waals surface area contributed by atoms with Gasteiger partial charge in [-0.25, -0.2) is 0 Å². The molecule has 0 unspecified atom stereocenters. The minimum absolute atomic E-state index is 0.0793. The van der Waals surface area contributed by atoms with Crippen molar-refractivity contribution in [1.82, 2.24) is 0 Å². The van der Waals surface area contributed by atoms with Gasteiger partial charge in [-0.3, -0.25) is 14.9 Å². The van der Waals surface area contributed by atoms with Crippen LogP contribution in [0.1, 0.15) is 15.9 Å². The van der Waals surface area contributed by atoms with Crippen LogP contribution < -0.4 is 0 Å². The number of hydrogen-bond donors (Lipinski definition) is 0. The molecule has 0 atom stereocenters. The average Bonchev–Trinajstić information content (AvgIpc) is 2.69. The molecule has 0 aliphatic heterocycles. The van der Waals surface area contributed by atoms with Gasteiger partial charge in [0.1, 0.15) is 0 Å². The quantitative estimate of drug-likeness (QED) is 0.174. The van der Waals surface area contributed by atoms with Crippen LogP contribution in [-0.4, -0.2) is 15.8 Å². The molecule has 0 bridgehead atoms. The van der Waals surface area contributed by atoms with Gasteiger partial charge in [-0.05, 0) is 18.2 Å². The lowest BCUT2D eigenvalue weighted by Gasteiger charge is -2.09. The topological polar surface area (TPSA) is 60.2 Å². The lowest BCUT2D eigenvalue weighted by atomic mass is 10.0. The summed E-state index contributed by atoms with van der Waals surface area (Å²) in [5.74, 6) is -0.207. The van der Waals surface area contributed by atoms with Crippen LogP contribution in [-0.2, 0) is 0 Å². The lowest BCUT2D eigenvalue weighted by Crippen LogP contribution is -2.04. The number of carbonyl (C=O) groups is 1. The first-order valence-corrected chi connectivity index (χ1v) is 9.81. The molecule has 130 valence electrons. The zero-order valence-corrected chi connectivity index (χ0v) is 15.3. The monoisotopic (exact) mass is 381 g/mol. The molecule has 0 saturated carbocycles. The fourth-order valence-corrected chi connectivity index (χ4v) is 4.47. The Hall–Kier alpha value is -2.57. The molecule has 0 aliphatic rings. The third-order valence-electron chi connectivity index (χ3n) is 3.64. The van der Waals surface area contributed by atoms with Gasteiger partial charge in [-0.2, -0.15) is 0 Å². The number of thioether (sulfide) groups is 2. The maximum Gasteiger partial charge on any atom is 0.270 e. The predicted molar refractivity (Wildman–Crippen MR) is 106 cm³/mol. The van der Waals surface area contributed by atoms with E-state index in [1.807, 2.05) is 36.4 Å². The second-order valence-electron chi connectivity index (χ2n) is 5.35. The Labute approximate surface area is 159 Å². The molecule has 26 heavy (non-hydrogen) atoms. The van der Waals surface area contributed by atoms with Gasteiger partial charge in [0.05, 0.1) is 4.92 Å². The largest absolute Gasteiger partial charge is 0.289 e. The van der Waals surface area contributed by atoms with Crippen molar-refractivity contribution in [3.63, 3.8) is 0 Å². The summed E-state index contributed by atoms with van der Waals surface area (Å²) in [7, 11) is 0. The van der Waals surface area contributed by atoms with Gasteiger partial charge in [0.2, 0.25) is 0 Å². The van der Waals surface area contributed by atoms with Crippen molar-refractivity contribution in [2.75, 3.05) is 5.08 Å². The number of benzene rings is 3. The molecule has 0 aliphatic carbocycles. The Morgan fingerprint density at radius 2 is 1.54 bits per heavy atom. The highest BCUT2D eigenvalue weighted by Crippen LogP contribution is 2.32. The third kappa shape index (κ3) is 4.53. The minimum Gasteiger partial charge on any atom is -0.289 e. The number of carbonyl (C=O) groups excluding carboxylic acids is 1. The first-order valence-electron chi connectivity index (χ1n) is 7.84. The van der Waals surface area contributed by atoms with E-state index >= 15 is 0 Å². The van der Waals surface area contributed by atoms with Gasteiger partial charge in [-0.1, -0.05) is 48.5 Å². The van der Waals surface area contributed by atoms with Crippen molar-refractivity contribution in [3.8, 4) is 0 Å². The van der Waals surface area contributed by atoms with Crippen LogP contribution >= 0.6 is 23.5 Å². The van der Waals surface area contributed by atoms with Crippen molar-refractivity contribution < 1.29 is 9.72 Å². The molecular weight excluding hydrogens is 366 g/mol. The van der Waals surface area contributed by atoms with E-state index in [0.29, 0.717) is 16.2 Å². The molecule has 0 fully saturated rings. The first kappa shape index (κ1) is 18.2. The van der Waals surface area contributed by atoms with Crippen LogP contribution in [0.15, 0.2) is 88.7 Å². The van der Waals surface area contributed by atoms with Crippen molar-refractivity contribution in [3.05, 3.63) is 100 Å². The van der Waals surface area contributed by atoms with Gasteiger partial charge in [-0.15, -0.1) is 23.5 Å². The number of ketones is 1. The molecule has 0 saturated heterocycles. The van der Waals surface area contributed by atoms with E-state index in [9.17, 15) is 14.9 Å². The van der Waals surface area contributed by atoms with Crippen molar-refractivity contribution in [2.45, 2.75) is 9.79 Å². The normalized spacial score (nSPS) is 10.5. The second kappa shape index (κ2) is 8.69. The SMILES string of the molecule is O=C(c1ccccc1)c1cc([N+](=O)[O-])ccc1SCSc1ccccc1. The number of non-ortho nitro benzene ring substituents is 1. The summed E-state index contributed by atoms with van der Waals surface area (Å²) in [4.78, 5) is 25.3. The fourth-order valence-electron chi connectivity index (χ4n) is 2.36. The number of rotatable bonds is 7. The highest BCUT2D eigenvalue weighted by Gasteiger charge is 2.18. The maximum atomic E-state index is 12.8. The molecule has 3 aromatic rings. The molecule has 4 nitrogen and oxygen atoms in total. The maximum absolute atomic E-state index is 12.8. The predicted octanol–water partition coefficient (Wildman–Crippen LogP) is 5.67. The Balaban J connectivity index is 1.84. The number of hydrogen-bond acceptors (Lipinski definition) is 5. The summed E-state index contributed by atoms with van der Waals surface area (Å²) in [6.07, 6.45) is 0. The first-order chi connectivity index (χ1) is 12.6. The zero-order chi connectivity index (χ0) is 18.4. The second-order valence-corrected chi connectivity index (χ2v) is 7.78. The van der Waals surface area contributed by atoms with Gasteiger partial charge in [0.15, 0.2) is 5.78 Å². The van der Waals surface area contributed by atoms with E-state index in [1.165, 1.54) is 23.9 Å². The van der Waals surface area contributed by atoms with Gasteiger partial charge >= 0.3 is 0 Å². The molecular formula is C20H15NO3S2. The Kier molecular flexibility index (Phi) is 6.09. The van der Waals surface area contributed by atoms with Crippen LogP contribution in [0.5, 0.6) is 0 Å². The molecule has 3 rings (SSSR count).